The molecular weight excluding hydrogens is 352 g/mol. The minimum atomic E-state index is -4.54. The number of nitrogens with zero attached hydrogens (tertiary/aromatic N) is 2. The standard InChI is InChI=1S/C12H7ClN2O7S/c13-9-7-8(14(16)17)5-6-11(9)22-23(20,21)12-4-2-1-3-10(12)15(18)19/h1-7H. The van der Waals surface area contributed by atoms with Crippen molar-refractivity contribution in [3.8, 4) is 5.75 Å². The highest BCUT2D eigenvalue weighted by atomic mass is 35.5. The van der Waals surface area contributed by atoms with E-state index in [-0.39, 0.29) is 16.5 Å². The van der Waals surface area contributed by atoms with Crippen molar-refractivity contribution in [2.75, 3.05) is 0 Å². The summed E-state index contributed by atoms with van der Waals surface area (Å²) in [5, 5.41) is 21.2. The van der Waals surface area contributed by atoms with Gasteiger partial charge in [-0.05, 0) is 12.1 Å². The molecule has 2 aromatic carbocycles. The third-order valence-electron chi connectivity index (χ3n) is 2.66. The molecule has 120 valence electrons. The SMILES string of the molecule is O=[N+]([O-])c1ccc(OS(=O)(=O)c2ccccc2[N+](=O)[O-])c(Cl)c1. The number of non-ortho nitro benzene ring substituents is 1. The number of rotatable bonds is 5. The second kappa shape index (κ2) is 6.18. The zero-order chi connectivity index (χ0) is 17.2. The lowest BCUT2D eigenvalue weighted by Gasteiger charge is -2.08. The van der Waals surface area contributed by atoms with E-state index in [4.69, 9.17) is 15.8 Å². The number of nitro groups is 2. The van der Waals surface area contributed by atoms with E-state index in [0.29, 0.717) is 0 Å². The summed E-state index contributed by atoms with van der Waals surface area (Å²) in [6, 6.07) is 7.51. The zero-order valence-corrected chi connectivity index (χ0v) is 12.7. The van der Waals surface area contributed by atoms with Crippen molar-refractivity contribution in [3.05, 3.63) is 67.7 Å². The van der Waals surface area contributed by atoms with Crippen LogP contribution in [0.5, 0.6) is 5.75 Å². The molecule has 0 unspecified atom stereocenters. The quantitative estimate of drug-likeness (QED) is 0.456. The van der Waals surface area contributed by atoms with Gasteiger partial charge in [0.05, 0.1) is 14.9 Å². The van der Waals surface area contributed by atoms with Crippen LogP contribution >= 0.6 is 11.6 Å². The van der Waals surface area contributed by atoms with Crippen LogP contribution < -0.4 is 4.18 Å². The largest absolute Gasteiger partial charge is 0.377 e. The fourth-order valence-corrected chi connectivity index (χ4v) is 3.03. The van der Waals surface area contributed by atoms with Gasteiger partial charge in [0.1, 0.15) is 0 Å². The molecular formula is C12H7ClN2O7S. The van der Waals surface area contributed by atoms with Crippen LogP contribution in [0.1, 0.15) is 0 Å². The molecule has 0 spiro atoms. The van der Waals surface area contributed by atoms with E-state index >= 15 is 0 Å². The molecule has 0 saturated heterocycles. The van der Waals surface area contributed by atoms with Gasteiger partial charge in [0.2, 0.25) is 0 Å². The monoisotopic (exact) mass is 358 g/mol. The van der Waals surface area contributed by atoms with Gasteiger partial charge in [0.25, 0.3) is 11.4 Å². The molecule has 0 aliphatic rings. The molecule has 0 bridgehead atoms. The molecule has 0 heterocycles. The maximum absolute atomic E-state index is 12.2. The predicted molar refractivity (Wildman–Crippen MR) is 79.0 cm³/mol. The zero-order valence-electron chi connectivity index (χ0n) is 11.1. The lowest BCUT2D eigenvalue weighted by molar-refractivity contribution is -0.387. The number of halogens is 1. The number of para-hydroxylation sites is 1. The molecule has 0 atom stereocenters. The Morgan fingerprint density at radius 3 is 2.22 bits per heavy atom. The van der Waals surface area contributed by atoms with Crippen LogP contribution in [-0.2, 0) is 10.1 Å². The summed E-state index contributed by atoms with van der Waals surface area (Å²) >= 11 is 5.74. The van der Waals surface area contributed by atoms with E-state index in [0.717, 1.165) is 30.3 Å². The second-order valence-corrected chi connectivity index (χ2v) is 6.06. The van der Waals surface area contributed by atoms with Crippen LogP contribution in [0.25, 0.3) is 0 Å². The normalized spacial score (nSPS) is 11.0. The molecule has 0 aromatic heterocycles. The fourth-order valence-electron chi connectivity index (χ4n) is 1.65. The van der Waals surface area contributed by atoms with Crippen LogP contribution in [0.15, 0.2) is 47.4 Å². The third kappa shape index (κ3) is 3.55. The van der Waals surface area contributed by atoms with E-state index in [1.165, 1.54) is 12.1 Å². The van der Waals surface area contributed by atoms with Gasteiger partial charge in [-0.2, -0.15) is 8.42 Å². The molecule has 0 radical (unpaired) electrons. The molecule has 0 fully saturated rings. The van der Waals surface area contributed by atoms with Crippen molar-refractivity contribution in [2.24, 2.45) is 0 Å². The summed E-state index contributed by atoms with van der Waals surface area (Å²) in [6.45, 7) is 0. The maximum Gasteiger partial charge on any atom is 0.346 e. The molecule has 0 aliphatic heterocycles. The number of nitro benzene ring substituents is 2. The van der Waals surface area contributed by atoms with Gasteiger partial charge in [-0.15, -0.1) is 0 Å². The minimum Gasteiger partial charge on any atom is -0.377 e. The first-order valence-corrected chi connectivity index (χ1v) is 7.63. The summed E-state index contributed by atoms with van der Waals surface area (Å²) in [5.74, 6) is -0.379. The third-order valence-corrected chi connectivity index (χ3v) is 4.24. The van der Waals surface area contributed by atoms with E-state index in [1.807, 2.05) is 0 Å². The summed E-state index contributed by atoms with van der Waals surface area (Å²) in [7, 11) is -4.54. The van der Waals surface area contributed by atoms with E-state index < -0.39 is 30.5 Å². The van der Waals surface area contributed by atoms with Crippen LogP contribution in [0.3, 0.4) is 0 Å². The van der Waals surface area contributed by atoms with Crippen molar-refractivity contribution in [2.45, 2.75) is 4.90 Å². The summed E-state index contributed by atoms with van der Waals surface area (Å²) in [5.41, 5.74) is -1.02. The van der Waals surface area contributed by atoms with Crippen LogP contribution in [0.2, 0.25) is 5.02 Å². The van der Waals surface area contributed by atoms with E-state index in [1.54, 1.807) is 0 Å². The number of hydrogen-bond acceptors (Lipinski definition) is 7. The van der Waals surface area contributed by atoms with Crippen molar-refractivity contribution >= 4 is 33.1 Å². The lowest BCUT2D eigenvalue weighted by atomic mass is 10.3. The topological polar surface area (TPSA) is 130 Å². The average Bonchev–Trinajstić information content (AvgIpc) is 2.49. The first-order valence-electron chi connectivity index (χ1n) is 5.84. The van der Waals surface area contributed by atoms with Gasteiger partial charge in [-0.3, -0.25) is 20.2 Å². The van der Waals surface area contributed by atoms with E-state index in [9.17, 15) is 28.6 Å². The number of benzene rings is 2. The highest BCUT2D eigenvalue weighted by Gasteiger charge is 2.28. The first-order chi connectivity index (χ1) is 10.7. The smallest absolute Gasteiger partial charge is 0.346 e. The van der Waals surface area contributed by atoms with Crippen LogP contribution in [0.4, 0.5) is 11.4 Å². The van der Waals surface area contributed by atoms with Crippen LogP contribution in [-0.4, -0.2) is 18.3 Å². The van der Waals surface area contributed by atoms with Crippen LogP contribution in [0, 0.1) is 20.2 Å². The van der Waals surface area contributed by atoms with E-state index in [2.05, 4.69) is 0 Å². The van der Waals surface area contributed by atoms with Crippen molar-refractivity contribution in [3.63, 3.8) is 0 Å². The number of hydrogen-bond donors (Lipinski definition) is 0. The molecule has 0 amide bonds. The molecule has 2 aromatic rings. The summed E-state index contributed by atoms with van der Waals surface area (Å²) in [4.78, 5) is 19.3. The first kappa shape index (κ1) is 16.6. The van der Waals surface area contributed by atoms with Gasteiger partial charge >= 0.3 is 10.1 Å². The Morgan fingerprint density at radius 2 is 1.65 bits per heavy atom. The Hall–Kier alpha value is -2.72. The Kier molecular flexibility index (Phi) is 4.48. The van der Waals surface area contributed by atoms with Gasteiger partial charge in [0, 0.05) is 18.2 Å². The Labute approximate surface area is 134 Å². The molecule has 9 nitrogen and oxygen atoms in total. The molecule has 23 heavy (non-hydrogen) atoms. The average molecular weight is 359 g/mol. The second-order valence-electron chi connectivity index (χ2n) is 4.13. The molecule has 11 heteroatoms. The van der Waals surface area contributed by atoms with Crippen molar-refractivity contribution in [1.29, 1.82) is 0 Å². The fraction of sp³-hybridized carbons (Fsp3) is 0. The Balaban J connectivity index is 2.44. The minimum absolute atomic E-state index is 0.318. The maximum atomic E-state index is 12.2. The van der Waals surface area contributed by atoms with Gasteiger partial charge < -0.3 is 4.18 Å². The highest BCUT2D eigenvalue weighted by molar-refractivity contribution is 7.87. The predicted octanol–water partition coefficient (Wildman–Crippen LogP) is 2.92. The molecule has 0 saturated carbocycles. The summed E-state index contributed by atoms with van der Waals surface area (Å²) in [6.07, 6.45) is 0. The summed E-state index contributed by atoms with van der Waals surface area (Å²) < 4.78 is 29.1. The lowest BCUT2D eigenvalue weighted by Crippen LogP contribution is -2.12. The van der Waals surface area contributed by atoms with Crippen molar-refractivity contribution < 1.29 is 22.4 Å². The van der Waals surface area contributed by atoms with Gasteiger partial charge in [-0.25, -0.2) is 0 Å². The molecule has 0 aliphatic carbocycles. The molecule has 0 N–H and O–H groups in total. The highest BCUT2D eigenvalue weighted by Crippen LogP contribution is 2.32. The molecule has 2 rings (SSSR count). The van der Waals surface area contributed by atoms with Gasteiger partial charge in [0.15, 0.2) is 10.6 Å². The van der Waals surface area contributed by atoms with Gasteiger partial charge in [-0.1, -0.05) is 23.7 Å². The Bertz CT molecular complexity index is 898. The van der Waals surface area contributed by atoms with Crippen molar-refractivity contribution in [1.82, 2.24) is 0 Å². The Morgan fingerprint density at radius 1 is 1.00 bits per heavy atom.